The maximum absolute atomic E-state index is 11.6. The molecule has 0 saturated heterocycles. The van der Waals surface area contributed by atoms with Crippen molar-refractivity contribution >= 4 is 33.6 Å². The first-order chi connectivity index (χ1) is 7.76. The third kappa shape index (κ3) is 5.03. The molecule has 1 amide bonds. The van der Waals surface area contributed by atoms with E-state index in [-0.39, 0.29) is 11.9 Å². The molecule has 0 saturated carbocycles. The van der Waals surface area contributed by atoms with Gasteiger partial charge in [-0.15, -0.1) is 11.8 Å². The van der Waals surface area contributed by atoms with Crippen molar-refractivity contribution < 1.29 is 4.79 Å². The Morgan fingerprint density at radius 3 is 2.69 bits per heavy atom. The number of carbonyl (C=O) groups excluding carboxylic acids is 1. The molecule has 1 atom stereocenters. The fraction of sp³-hybridized carbons (Fsp3) is 0.417. The van der Waals surface area contributed by atoms with E-state index in [1.807, 2.05) is 30.3 Å². The first-order valence-corrected chi connectivity index (χ1v) is 7.40. The molecule has 0 aliphatic rings. The molecule has 0 aliphatic heterocycles. The quantitative estimate of drug-likeness (QED) is 0.646. The van der Waals surface area contributed by atoms with Crippen LogP contribution in [-0.4, -0.2) is 23.0 Å². The van der Waals surface area contributed by atoms with Crippen molar-refractivity contribution in [2.45, 2.75) is 24.3 Å². The molecule has 0 radical (unpaired) electrons. The van der Waals surface area contributed by atoms with Crippen LogP contribution in [0.15, 0.2) is 35.2 Å². The van der Waals surface area contributed by atoms with Gasteiger partial charge in [-0.1, -0.05) is 41.1 Å². The van der Waals surface area contributed by atoms with E-state index in [0.29, 0.717) is 5.75 Å². The van der Waals surface area contributed by atoms with Crippen LogP contribution in [0.25, 0.3) is 0 Å². The van der Waals surface area contributed by atoms with Gasteiger partial charge in [-0.3, -0.25) is 4.79 Å². The van der Waals surface area contributed by atoms with Crippen LogP contribution < -0.4 is 5.32 Å². The van der Waals surface area contributed by atoms with E-state index in [9.17, 15) is 4.79 Å². The van der Waals surface area contributed by atoms with Crippen LogP contribution in [0.2, 0.25) is 0 Å². The lowest BCUT2D eigenvalue weighted by Gasteiger charge is -2.13. The molecule has 88 valence electrons. The van der Waals surface area contributed by atoms with Gasteiger partial charge in [0.1, 0.15) is 0 Å². The summed E-state index contributed by atoms with van der Waals surface area (Å²) in [6.45, 7) is 2.07. The van der Waals surface area contributed by atoms with Gasteiger partial charge in [-0.2, -0.15) is 0 Å². The molecule has 1 aromatic rings. The van der Waals surface area contributed by atoms with Gasteiger partial charge >= 0.3 is 0 Å². The SMILES string of the molecule is CCC(CBr)NC(=O)CSc1ccccc1. The minimum absolute atomic E-state index is 0.0974. The molecular formula is C12H16BrNOS. The summed E-state index contributed by atoms with van der Waals surface area (Å²) in [6.07, 6.45) is 0.951. The Labute approximate surface area is 109 Å². The number of thioether (sulfide) groups is 1. The lowest BCUT2D eigenvalue weighted by atomic mass is 10.3. The second-order valence-electron chi connectivity index (χ2n) is 3.43. The summed E-state index contributed by atoms with van der Waals surface area (Å²) in [6, 6.07) is 10.2. The Balaban J connectivity index is 2.30. The summed E-state index contributed by atoms with van der Waals surface area (Å²) in [5, 5.41) is 3.79. The molecule has 0 heterocycles. The number of hydrogen-bond acceptors (Lipinski definition) is 2. The molecule has 2 nitrogen and oxygen atoms in total. The number of benzene rings is 1. The fourth-order valence-electron chi connectivity index (χ4n) is 1.18. The van der Waals surface area contributed by atoms with Gasteiger partial charge in [0.2, 0.25) is 5.91 Å². The maximum atomic E-state index is 11.6. The fourth-order valence-corrected chi connectivity index (χ4v) is 2.54. The summed E-state index contributed by atoms with van der Waals surface area (Å²) in [4.78, 5) is 12.7. The molecule has 16 heavy (non-hydrogen) atoms. The van der Waals surface area contributed by atoms with Gasteiger partial charge in [-0.25, -0.2) is 0 Å². The second kappa shape index (κ2) is 7.74. The average molecular weight is 302 g/mol. The topological polar surface area (TPSA) is 29.1 Å². The summed E-state index contributed by atoms with van der Waals surface area (Å²) in [5.41, 5.74) is 0. The molecule has 1 aromatic carbocycles. The van der Waals surface area contributed by atoms with Crippen LogP contribution in [0.5, 0.6) is 0 Å². The molecule has 1 N–H and O–H groups in total. The van der Waals surface area contributed by atoms with E-state index in [2.05, 4.69) is 28.2 Å². The summed E-state index contributed by atoms with van der Waals surface area (Å²) >= 11 is 4.94. The predicted molar refractivity (Wildman–Crippen MR) is 73.2 cm³/mol. The second-order valence-corrected chi connectivity index (χ2v) is 5.12. The molecule has 0 aromatic heterocycles. The maximum Gasteiger partial charge on any atom is 0.230 e. The first kappa shape index (κ1) is 13.6. The molecule has 4 heteroatoms. The third-order valence-corrected chi connectivity index (χ3v) is 3.95. The van der Waals surface area contributed by atoms with Gasteiger partial charge < -0.3 is 5.32 Å². The third-order valence-electron chi connectivity index (χ3n) is 2.16. The van der Waals surface area contributed by atoms with Crippen molar-refractivity contribution in [2.24, 2.45) is 0 Å². The van der Waals surface area contributed by atoms with Crippen LogP contribution in [0, 0.1) is 0 Å². The molecule has 0 spiro atoms. The summed E-state index contributed by atoms with van der Waals surface area (Å²) in [5.74, 6) is 0.577. The lowest BCUT2D eigenvalue weighted by molar-refractivity contribution is -0.119. The molecule has 0 fully saturated rings. The van der Waals surface area contributed by atoms with E-state index in [1.165, 1.54) is 0 Å². The van der Waals surface area contributed by atoms with Crippen LogP contribution in [0.3, 0.4) is 0 Å². The Hall–Kier alpha value is -0.480. The summed E-state index contributed by atoms with van der Waals surface area (Å²) < 4.78 is 0. The zero-order valence-corrected chi connectivity index (χ0v) is 11.7. The van der Waals surface area contributed by atoms with Gasteiger partial charge in [0.25, 0.3) is 0 Å². The van der Waals surface area contributed by atoms with Crippen molar-refractivity contribution in [2.75, 3.05) is 11.1 Å². The van der Waals surface area contributed by atoms with Gasteiger partial charge in [0, 0.05) is 16.3 Å². The minimum atomic E-state index is 0.0974. The Kier molecular flexibility index (Phi) is 6.57. The Bertz CT molecular complexity index is 314. The first-order valence-electron chi connectivity index (χ1n) is 5.29. The largest absolute Gasteiger partial charge is 0.352 e. The zero-order valence-electron chi connectivity index (χ0n) is 9.28. The van der Waals surface area contributed by atoms with Crippen molar-refractivity contribution in [3.05, 3.63) is 30.3 Å². The van der Waals surface area contributed by atoms with E-state index in [0.717, 1.165) is 16.6 Å². The number of hydrogen-bond donors (Lipinski definition) is 1. The van der Waals surface area contributed by atoms with Crippen LogP contribution in [0.1, 0.15) is 13.3 Å². The number of nitrogens with one attached hydrogen (secondary N) is 1. The highest BCUT2D eigenvalue weighted by Crippen LogP contribution is 2.16. The normalized spacial score (nSPS) is 12.1. The molecular weight excluding hydrogens is 286 g/mol. The molecule has 0 aliphatic carbocycles. The zero-order chi connectivity index (χ0) is 11.8. The van der Waals surface area contributed by atoms with Gasteiger partial charge in [0.05, 0.1) is 5.75 Å². The van der Waals surface area contributed by atoms with Crippen molar-refractivity contribution in [1.29, 1.82) is 0 Å². The van der Waals surface area contributed by atoms with Gasteiger partial charge in [-0.05, 0) is 18.6 Å². The molecule has 0 bridgehead atoms. The number of halogens is 1. The highest BCUT2D eigenvalue weighted by atomic mass is 79.9. The Morgan fingerprint density at radius 1 is 1.44 bits per heavy atom. The monoisotopic (exact) mass is 301 g/mol. The molecule has 1 rings (SSSR count). The standard InChI is InChI=1S/C12H16BrNOS/c1-2-10(8-13)14-12(15)9-16-11-6-4-3-5-7-11/h3-7,10H,2,8-9H2,1H3,(H,14,15). The van der Waals surface area contributed by atoms with Crippen LogP contribution >= 0.6 is 27.7 Å². The van der Waals surface area contributed by atoms with Crippen molar-refractivity contribution in [3.63, 3.8) is 0 Å². The van der Waals surface area contributed by atoms with Crippen molar-refractivity contribution in [1.82, 2.24) is 5.32 Å². The lowest BCUT2D eigenvalue weighted by Crippen LogP contribution is -2.36. The van der Waals surface area contributed by atoms with E-state index >= 15 is 0 Å². The summed E-state index contributed by atoms with van der Waals surface area (Å²) in [7, 11) is 0. The van der Waals surface area contributed by atoms with Crippen LogP contribution in [0.4, 0.5) is 0 Å². The minimum Gasteiger partial charge on any atom is -0.352 e. The van der Waals surface area contributed by atoms with Gasteiger partial charge in [0.15, 0.2) is 0 Å². The predicted octanol–water partition coefficient (Wildman–Crippen LogP) is 3.07. The number of rotatable bonds is 6. The highest BCUT2D eigenvalue weighted by molar-refractivity contribution is 9.09. The van der Waals surface area contributed by atoms with Crippen molar-refractivity contribution in [3.8, 4) is 0 Å². The Morgan fingerprint density at radius 2 is 2.12 bits per heavy atom. The van der Waals surface area contributed by atoms with E-state index in [4.69, 9.17) is 0 Å². The van der Waals surface area contributed by atoms with Crippen LogP contribution in [-0.2, 0) is 4.79 Å². The number of carbonyl (C=O) groups is 1. The van der Waals surface area contributed by atoms with E-state index < -0.39 is 0 Å². The smallest absolute Gasteiger partial charge is 0.230 e. The molecule has 1 unspecified atom stereocenters. The van der Waals surface area contributed by atoms with E-state index in [1.54, 1.807) is 11.8 Å². The number of amides is 1. The highest BCUT2D eigenvalue weighted by Gasteiger charge is 2.08. The average Bonchev–Trinajstić information content (AvgIpc) is 2.34. The number of alkyl halides is 1.